The number of hydrogen-bond donors (Lipinski definition) is 1. The van der Waals surface area contributed by atoms with Crippen LogP contribution in [0.4, 0.5) is 0 Å². The summed E-state index contributed by atoms with van der Waals surface area (Å²) in [7, 11) is 0. The van der Waals surface area contributed by atoms with Crippen molar-refractivity contribution >= 4 is 0 Å². The first-order chi connectivity index (χ1) is 9.53. The molecule has 1 heterocycles. The maximum Gasteiger partial charge on any atom is 0.00499 e. The molecule has 1 saturated heterocycles. The summed E-state index contributed by atoms with van der Waals surface area (Å²) in [5.74, 6) is 0. The van der Waals surface area contributed by atoms with Gasteiger partial charge in [-0.1, -0.05) is 41.0 Å². The molecular formula is C18H38N2. The van der Waals surface area contributed by atoms with Gasteiger partial charge in [-0.25, -0.2) is 0 Å². The van der Waals surface area contributed by atoms with Gasteiger partial charge >= 0.3 is 0 Å². The maximum absolute atomic E-state index is 3.67. The van der Waals surface area contributed by atoms with E-state index in [-0.39, 0.29) is 0 Å². The van der Waals surface area contributed by atoms with E-state index in [9.17, 15) is 0 Å². The smallest absolute Gasteiger partial charge is 0.00499 e. The average molecular weight is 283 g/mol. The number of likely N-dealkylation sites (tertiary alicyclic amines) is 1. The summed E-state index contributed by atoms with van der Waals surface area (Å²) in [5, 5.41) is 3.67. The third kappa shape index (κ3) is 5.04. The summed E-state index contributed by atoms with van der Waals surface area (Å²) in [4.78, 5) is 2.73. The highest BCUT2D eigenvalue weighted by atomic mass is 15.1. The third-order valence-electron chi connectivity index (χ3n) is 5.90. The molecule has 0 spiro atoms. The van der Waals surface area contributed by atoms with Crippen LogP contribution in [0.2, 0.25) is 0 Å². The van der Waals surface area contributed by atoms with Gasteiger partial charge in [0.15, 0.2) is 0 Å². The van der Waals surface area contributed by atoms with E-state index in [2.05, 4.69) is 44.8 Å². The Morgan fingerprint density at radius 1 is 1.05 bits per heavy atom. The Labute approximate surface area is 127 Å². The minimum Gasteiger partial charge on any atom is -0.316 e. The van der Waals surface area contributed by atoms with Crippen molar-refractivity contribution in [3.63, 3.8) is 0 Å². The number of nitrogens with one attached hydrogen (secondary N) is 1. The van der Waals surface area contributed by atoms with Crippen LogP contribution < -0.4 is 5.32 Å². The molecule has 1 aliphatic rings. The Bertz CT molecular complexity index is 250. The molecular weight excluding hydrogens is 244 g/mol. The molecule has 1 N–H and O–H groups in total. The van der Waals surface area contributed by atoms with Crippen LogP contribution in [0.5, 0.6) is 0 Å². The molecule has 0 aromatic heterocycles. The highest BCUT2D eigenvalue weighted by molar-refractivity contribution is 4.87. The van der Waals surface area contributed by atoms with E-state index in [1.54, 1.807) is 0 Å². The van der Waals surface area contributed by atoms with Gasteiger partial charge in [-0.15, -0.1) is 0 Å². The maximum atomic E-state index is 3.67. The fourth-order valence-electron chi connectivity index (χ4n) is 3.39. The summed E-state index contributed by atoms with van der Waals surface area (Å²) in [6, 6.07) is 0. The van der Waals surface area contributed by atoms with Gasteiger partial charge in [0.2, 0.25) is 0 Å². The zero-order chi connectivity index (χ0) is 15.1. The van der Waals surface area contributed by atoms with Crippen LogP contribution in [0.15, 0.2) is 0 Å². The number of nitrogens with zero attached hydrogens (tertiary/aromatic N) is 1. The standard InChI is InChI=1S/C18H38N2/c1-6-12-19-15-18(8-3,9-4)16-20-13-10-17(5,7-2)11-14-20/h19H,6-16H2,1-5H3. The van der Waals surface area contributed by atoms with Crippen molar-refractivity contribution in [2.75, 3.05) is 32.7 Å². The van der Waals surface area contributed by atoms with Gasteiger partial charge < -0.3 is 10.2 Å². The van der Waals surface area contributed by atoms with E-state index < -0.39 is 0 Å². The van der Waals surface area contributed by atoms with Crippen molar-refractivity contribution in [1.29, 1.82) is 0 Å². The van der Waals surface area contributed by atoms with Gasteiger partial charge in [-0.2, -0.15) is 0 Å². The van der Waals surface area contributed by atoms with Gasteiger partial charge in [0.05, 0.1) is 0 Å². The second-order valence-electron chi connectivity index (χ2n) is 7.32. The van der Waals surface area contributed by atoms with Crippen LogP contribution in [-0.4, -0.2) is 37.6 Å². The van der Waals surface area contributed by atoms with E-state index >= 15 is 0 Å². The Balaban J connectivity index is 2.50. The number of piperidine rings is 1. The molecule has 0 atom stereocenters. The van der Waals surface area contributed by atoms with Crippen molar-refractivity contribution < 1.29 is 0 Å². The van der Waals surface area contributed by atoms with E-state index in [1.165, 1.54) is 64.7 Å². The molecule has 120 valence electrons. The minimum absolute atomic E-state index is 0.481. The molecule has 0 bridgehead atoms. The summed E-state index contributed by atoms with van der Waals surface area (Å²) < 4.78 is 0. The minimum atomic E-state index is 0.481. The first-order valence-electron chi connectivity index (χ1n) is 8.96. The Hall–Kier alpha value is -0.0800. The normalized spacial score (nSPS) is 20.2. The molecule has 0 amide bonds. The molecule has 0 radical (unpaired) electrons. The van der Waals surface area contributed by atoms with Crippen LogP contribution in [0.1, 0.15) is 73.1 Å². The lowest BCUT2D eigenvalue weighted by Crippen LogP contribution is -2.47. The highest BCUT2D eigenvalue weighted by Crippen LogP contribution is 2.36. The van der Waals surface area contributed by atoms with E-state index in [0.717, 1.165) is 6.54 Å². The molecule has 0 aliphatic carbocycles. The number of hydrogen-bond acceptors (Lipinski definition) is 2. The predicted octanol–water partition coefficient (Wildman–Crippen LogP) is 4.30. The summed E-state index contributed by atoms with van der Waals surface area (Å²) in [5.41, 5.74) is 1.09. The molecule has 0 aromatic rings. The highest BCUT2D eigenvalue weighted by Gasteiger charge is 2.33. The van der Waals surface area contributed by atoms with Gasteiger partial charge in [-0.3, -0.25) is 0 Å². The van der Waals surface area contributed by atoms with Crippen molar-refractivity contribution in [1.82, 2.24) is 10.2 Å². The first kappa shape index (κ1) is 18.0. The molecule has 0 aromatic carbocycles. The Kier molecular flexibility index (Phi) is 7.53. The fraction of sp³-hybridized carbons (Fsp3) is 1.00. The van der Waals surface area contributed by atoms with Crippen LogP contribution in [-0.2, 0) is 0 Å². The van der Waals surface area contributed by atoms with E-state index in [0.29, 0.717) is 10.8 Å². The zero-order valence-corrected chi connectivity index (χ0v) is 14.7. The van der Waals surface area contributed by atoms with E-state index in [4.69, 9.17) is 0 Å². The zero-order valence-electron chi connectivity index (χ0n) is 14.7. The molecule has 20 heavy (non-hydrogen) atoms. The van der Waals surface area contributed by atoms with Crippen molar-refractivity contribution in [3.8, 4) is 0 Å². The second kappa shape index (κ2) is 8.38. The monoisotopic (exact) mass is 282 g/mol. The van der Waals surface area contributed by atoms with Gasteiger partial charge in [-0.05, 0) is 62.6 Å². The number of rotatable bonds is 9. The van der Waals surface area contributed by atoms with Crippen LogP contribution in [0.25, 0.3) is 0 Å². The predicted molar refractivity (Wildman–Crippen MR) is 90.2 cm³/mol. The lowest BCUT2D eigenvalue weighted by atomic mass is 9.76. The third-order valence-corrected chi connectivity index (χ3v) is 5.90. The van der Waals surface area contributed by atoms with Crippen molar-refractivity contribution in [3.05, 3.63) is 0 Å². The van der Waals surface area contributed by atoms with Crippen LogP contribution in [0, 0.1) is 10.8 Å². The molecule has 1 fully saturated rings. The molecule has 2 nitrogen and oxygen atoms in total. The lowest BCUT2D eigenvalue weighted by Gasteiger charge is -2.43. The van der Waals surface area contributed by atoms with Crippen molar-refractivity contribution in [2.24, 2.45) is 10.8 Å². The molecule has 1 rings (SSSR count). The van der Waals surface area contributed by atoms with Crippen molar-refractivity contribution in [2.45, 2.75) is 73.1 Å². The lowest BCUT2D eigenvalue weighted by molar-refractivity contribution is 0.0667. The van der Waals surface area contributed by atoms with Crippen LogP contribution in [0.3, 0.4) is 0 Å². The molecule has 2 heteroatoms. The van der Waals surface area contributed by atoms with E-state index in [1.807, 2.05) is 0 Å². The quantitative estimate of drug-likeness (QED) is 0.634. The molecule has 0 unspecified atom stereocenters. The van der Waals surface area contributed by atoms with Gasteiger partial charge in [0.25, 0.3) is 0 Å². The summed E-state index contributed by atoms with van der Waals surface area (Å²) >= 11 is 0. The molecule has 0 saturated carbocycles. The fourth-order valence-corrected chi connectivity index (χ4v) is 3.39. The SMILES string of the molecule is CCCNCC(CC)(CC)CN1CCC(C)(CC)CC1. The Morgan fingerprint density at radius 3 is 2.10 bits per heavy atom. The van der Waals surface area contributed by atoms with Crippen LogP contribution >= 0.6 is 0 Å². The second-order valence-corrected chi connectivity index (χ2v) is 7.32. The summed E-state index contributed by atoms with van der Waals surface area (Å²) in [6.07, 6.45) is 7.93. The molecule has 1 aliphatic heterocycles. The van der Waals surface area contributed by atoms with Gasteiger partial charge in [0, 0.05) is 13.1 Å². The largest absolute Gasteiger partial charge is 0.316 e. The Morgan fingerprint density at radius 2 is 1.65 bits per heavy atom. The summed E-state index contributed by atoms with van der Waals surface area (Å²) in [6.45, 7) is 18.1. The average Bonchev–Trinajstić information content (AvgIpc) is 2.49. The van der Waals surface area contributed by atoms with Gasteiger partial charge in [0.1, 0.15) is 0 Å². The first-order valence-corrected chi connectivity index (χ1v) is 8.96. The topological polar surface area (TPSA) is 15.3 Å².